The lowest BCUT2D eigenvalue weighted by Gasteiger charge is -2.13. The molecule has 0 aromatic heterocycles. The number of carboxylic acid groups (broad SMARTS) is 1. The number of hydrogen-bond donors (Lipinski definition) is 1. The molecule has 1 atom stereocenters. The average Bonchev–Trinajstić information content (AvgIpc) is 2.13. The van der Waals surface area contributed by atoms with Gasteiger partial charge in [-0.15, -0.1) is 0 Å². The molecular formula is C12H18O3. The van der Waals surface area contributed by atoms with Crippen molar-refractivity contribution in [3.63, 3.8) is 0 Å². The standard InChI is InChI=1S/C12H18O3/c1-8(2)7-11(9(3)5-6-13)10(4)12(14)15/h5-8,10H,1-4H3,(H,14,15). The Bertz CT molecular complexity index is 298. The lowest BCUT2D eigenvalue weighted by Crippen LogP contribution is -2.14. The molecular weight excluding hydrogens is 192 g/mol. The van der Waals surface area contributed by atoms with Gasteiger partial charge in [-0.1, -0.05) is 19.9 Å². The minimum absolute atomic E-state index is 0.261. The van der Waals surface area contributed by atoms with Crippen LogP contribution in [0.15, 0.2) is 23.3 Å². The molecule has 15 heavy (non-hydrogen) atoms. The lowest BCUT2D eigenvalue weighted by atomic mass is 9.91. The smallest absolute Gasteiger partial charge is 0.310 e. The Morgan fingerprint density at radius 2 is 1.80 bits per heavy atom. The van der Waals surface area contributed by atoms with Gasteiger partial charge in [-0.2, -0.15) is 0 Å². The van der Waals surface area contributed by atoms with Gasteiger partial charge < -0.3 is 5.11 Å². The molecule has 1 N–H and O–H groups in total. The molecule has 0 radical (unpaired) electrons. The summed E-state index contributed by atoms with van der Waals surface area (Å²) >= 11 is 0. The van der Waals surface area contributed by atoms with Gasteiger partial charge in [0.2, 0.25) is 0 Å². The fourth-order valence-electron chi connectivity index (χ4n) is 1.31. The number of carbonyl (C=O) groups excluding carboxylic acids is 1. The largest absolute Gasteiger partial charge is 0.481 e. The summed E-state index contributed by atoms with van der Waals surface area (Å²) in [7, 11) is 0. The normalized spacial score (nSPS) is 15.3. The van der Waals surface area contributed by atoms with Crippen LogP contribution in [0.2, 0.25) is 0 Å². The Labute approximate surface area is 90.5 Å². The fourth-order valence-corrected chi connectivity index (χ4v) is 1.31. The van der Waals surface area contributed by atoms with Gasteiger partial charge in [-0.25, -0.2) is 0 Å². The van der Waals surface area contributed by atoms with Crippen LogP contribution in [0.1, 0.15) is 27.7 Å². The van der Waals surface area contributed by atoms with Gasteiger partial charge in [-0.3, -0.25) is 9.59 Å². The minimum atomic E-state index is -0.874. The van der Waals surface area contributed by atoms with Crippen LogP contribution in [0, 0.1) is 11.8 Å². The van der Waals surface area contributed by atoms with Crippen LogP contribution in [0.3, 0.4) is 0 Å². The minimum Gasteiger partial charge on any atom is -0.481 e. The van der Waals surface area contributed by atoms with Crippen LogP contribution in [0.25, 0.3) is 0 Å². The maximum absolute atomic E-state index is 10.9. The summed E-state index contributed by atoms with van der Waals surface area (Å²) in [6.45, 7) is 7.33. The Balaban J connectivity index is 5.15. The summed E-state index contributed by atoms with van der Waals surface area (Å²) in [5.41, 5.74) is 1.43. The van der Waals surface area contributed by atoms with Crippen molar-refractivity contribution in [1.29, 1.82) is 0 Å². The fraction of sp³-hybridized carbons (Fsp3) is 0.500. The Hall–Kier alpha value is -1.38. The molecule has 0 aromatic carbocycles. The highest BCUT2D eigenvalue weighted by molar-refractivity contribution is 5.76. The molecule has 3 nitrogen and oxygen atoms in total. The van der Waals surface area contributed by atoms with Crippen LogP contribution in [0.5, 0.6) is 0 Å². The first-order valence-electron chi connectivity index (χ1n) is 4.97. The van der Waals surface area contributed by atoms with Crippen molar-refractivity contribution in [3.05, 3.63) is 23.3 Å². The molecule has 0 amide bonds. The average molecular weight is 210 g/mol. The number of rotatable bonds is 5. The number of aldehydes is 1. The zero-order valence-corrected chi connectivity index (χ0v) is 9.65. The summed E-state index contributed by atoms with van der Waals surface area (Å²) in [4.78, 5) is 21.2. The quantitative estimate of drug-likeness (QED) is 0.431. The molecule has 3 heteroatoms. The van der Waals surface area contributed by atoms with Crippen molar-refractivity contribution in [2.24, 2.45) is 11.8 Å². The third-order valence-corrected chi connectivity index (χ3v) is 2.12. The summed E-state index contributed by atoms with van der Waals surface area (Å²) in [5, 5.41) is 8.93. The van der Waals surface area contributed by atoms with E-state index in [9.17, 15) is 9.59 Å². The van der Waals surface area contributed by atoms with Gasteiger partial charge in [0.05, 0.1) is 5.92 Å². The van der Waals surface area contributed by atoms with Gasteiger partial charge in [0.15, 0.2) is 0 Å². The Morgan fingerprint density at radius 3 is 2.13 bits per heavy atom. The monoisotopic (exact) mass is 210 g/mol. The van der Waals surface area contributed by atoms with E-state index in [0.29, 0.717) is 17.4 Å². The van der Waals surface area contributed by atoms with Crippen molar-refractivity contribution in [3.8, 4) is 0 Å². The van der Waals surface area contributed by atoms with Gasteiger partial charge in [0.25, 0.3) is 0 Å². The molecule has 0 rings (SSSR count). The zero-order valence-electron chi connectivity index (χ0n) is 9.65. The molecule has 0 aliphatic heterocycles. The Kier molecular flexibility index (Phi) is 5.60. The third kappa shape index (κ3) is 4.58. The van der Waals surface area contributed by atoms with Crippen LogP contribution in [0.4, 0.5) is 0 Å². The predicted octanol–water partition coefficient (Wildman–Crippen LogP) is 2.43. The van der Waals surface area contributed by atoms with E-state index in [1.165, 1.54) is 6.08 Å². The summed E-state index contributed by atoms with van der Waals surface area (Å²) in [5.74, 6) is -1.19. The van der Waals surface area contributed by atoms with E-state index in [0.717, 1.165) is 0 Å². The first kappa shape index (κ1) is 13.6. The van der Waals surface area contributed by atoms with Crippen molar-refractivity contribution >= 4 is 12.3 Å². The molecule has 0 heterocycles. The predicted molar refractivity (Wildman–Crippen MR) is 59.5 cm³/mol. The summed E-state index contributed by atoms with van der Waals surface area (Å²) in [6.07, 6.45) is 3.96. The number of carboxylic acids is 1. The maximum Gasteiger partial charge on any atom is 0.310 e. The van der Waals surface area contributed by atoms with E-state index < -0.39 is 11.9 Å². The molecule has 0 aliphatic rings. The zero-order chi connectivity index (χ0) is 12.0. The summed E-state index contributed by atoms with van der Waals surface area (Å²) < 4.78 is 0. The van der Waals surface area contributed by atoms with Gasteiger partial charge in [0.1, 0.15) is 6.29 Å². The molecule has 1 unspecified atom stereocenters. The molecule has 0 aliphatic carbocycles. The van der Waals surface area contributed by atoms with E-state index in [4.69, 9.17) is 5.11 Å². The SMILES string of the molecule is CC(=CC=O)C(=CC(C)C)C(C)C(=O)O. The first-order chi connectivity index (χ1) is 6.90. The van der Waals surface area contributed by atoms with Crippen LogP contribution in [-0.2, 0) is 9.59 Å². The molecule has 0 saturated carbocycles. The summed E-state index contributed by atoms with van der Waals surface area (Å²) in [6, 6.07) is 0. The van der Waals surface area contributed by atoms with Crippen molar-refractivity contribution in [2.45, 2.75) is 27.7 Å². The van der Waals surface area contributed by atoms with E-state index >= 15 is 0 Å². The van der Waals surface area contributed by atoms with E-state index in [1.54, 1.807) is 13.8 Å². The topological polar surface area (TPSA) is 54.4 Å². The van der Waals surface area contributed by atoms with Crippen molar-refractivity contribution in [1.82, 2.24) is 0 Å². The van der Waals surface area contributed by atoms with E-state index in [2.05, 4.69) is 0 Å². The molecule has 0 fully saturated rings. The number of hydrogen-bond acceptors (Lipinski definition) is 2. The lowest BCUT2D eigenvalue weighted by molar-refractivity contribution is -0.139. The molecule has 0 saturated heterocycles. The van der Waals surface area contributed by atoms with Crippen LogP contribution < -0.4 is 0 Å². The molecule has 84 valence electrons. The van der Waals surface area contributed by atoms with Gasteiger partial charge in [0, 0.05) is 0 Å². The molecule has 0 spiro atoms. The number of aliphatic carboxylic acids is 1. The van der Waals surface area contributed by atoms with Crippen molar-refractivity contribution < 1.29 is 14.7 Å². The second kappa shape index (κ2) is 6.17. The molecule has 0 bridgehead atoms. The first-order valence-corrected chi connectivity index (χ1v) is 4.97. The highest BCUT2D eigenvalue weighted by Gasteiger charge is 2.17. The van der Waals surface area contributed by atoms with Gasteiger partial charge >= 0.3 is 5.97 Å². The van der Waals surface area contributed by atoms with Gasteiger partial charge in [-0.05, 0) is 37.0 Å². The maximum atomic E-state index is 10.9. The molecule has 0 aromatic rings. The van der Waals surface area contributed by atoms with Crippen LogP contribution >= 0.6 is 0 Å². The highest BCUT2D eigenvalue weighted by Crippen LogP contribution is 2.21. The van der Waals surface area contributed by atoms with E-state index in [-0.39, 0.29) is 5.92 Å². The second-order valence-electron chi connectivity index (χ2n) is 3.91. The number of allylic oxidation sites excluding steroid dienone is 3. The highest BCUT2D eigenvalue weighted by atomic mass is 16.4. The Morgan fingerprint density at radius 1 is 1.27 bits per heavy atom. The van der Waals surface area contributed by atoms with Crippen molar-refractivity contribution in [2.75, 3.05) is 0 Å². The van der Waals surface area contributed by atoms with E-state index in [1.807, 2.05) is 19.9 Å². The number of carbonyl (C=O) groups is 2. The third-order valence-electron chi connectivity index (χ3n) is 2.12. The second-order valence-corrected chi connectivity index (χ2v) is 3.91. The van der Waals surface area contributed by atoms with Crippen LogP contribution in [-0.4, -0.2) is 17.4 Å².